The first-order valence-corrected chi connectivity index (χ1v) is 5.72. The lowest BCUT2D eigenvalue weighted by molar-refractivity contribution is 0.272. The fourth-order valence-electron chi connectivity index (χ4n) is 0.885. The number of hydrogen-bond acceptors (Lipinski definition) is 2. The lowest BCUT2D eigenvalue weighted by Crippen LogP contribution is -2.13. The molecule has 0 rings (SSSR count). The van der Waals surface area contributed by atoms with Crippen molar-refractivity contribution in [2.24, 2.45) is 0 Å². The zero-order valence-electron chi connectivity index (χ0n) is 8.38. The van der Waals surface area contributed by atoms with Crippen LogP contribution in [0.4, 0.5) is 0 Å². The maximum absolute atomic E-state index is 5.27. The predicted molar refractivity (Wildman–Crippen MR) is 63.5 cm³/mol. The minimum atomic E-state index is 0.445. The molecule has 0 aliphatic rings. The summed E-state index contributed by atoms with van der Waals surface area (Å²) in [6.45, 7) is 2.06. The summed E-state index contributed by atoms with van der Waals surface area (Å²) in [5, 5.41) is 0. The molecule has 0 saturated heterocycles. The van der Waals surface area contributed by atoms with Crippen LogP contribution in [0.3, 0.4) is 0 Å². The Bertz CT molecular complexity index is 116. The molecule has 4 heteroatoms. The first-order valence-electron chi connectivity index (χ1n) is 4.56. The van der Waals surface area contributed by atoms with Gasteiger partial charge < -0.3 is 4.65 Å². The Morgan fingerprint density at radius 2 is 2.33 bits per heavy atom. The monoisotopic (exact) mass is 184 g/mol. The van der Waals surface area contributed by atoms with Crippen molar-refractivity contribution in [3.05, 3.63) is 12.2 Å². The third-order valence-electron chi connectivity index (χ3n) is 1.76. The van der Waals surface area contributed by atoms with Crippen molar-refractivity contribution in [1.29, 1.82) is 0 Å². The highest BCUT2D eigenvalue weighted by Crippen LogP contribution is 2.08. The Balaban J connectivity index is 3.17. The number of thioether (sulfide) groups is 1. The van der Waals surface area contributed by atoms with Gasteiger partial charge in [0.25, 0.3) is 8.05 Å². The highest BCUT2D eigenvalue weighted by atomic mass is 32.2. The number of rotatable bonds is 7. The van der Waals surface area contributed by atoms with Crippen LogP contribution in [0.1, 0.15) is 13.3 Å². The molecule has 0 aliphatic carbocycles. The van der Waals surface area contributed by atoms with Gasteiger partial charge in [0.2, 0.25) is 0 Å². The van der Waals surface area contributed by atoms with E-state index in [4.69, 9.17) is 4.65 Å². The molecule has 1 atom stereocenters. The molecule has 0 aromatic carbocycles. The van der Waals surface area contributed by atoms with Crippen molar-refractivity contribution in [3.63, 3.8) is 0 Å². The van der Waals surface area contributed by atoms with Crippen molar-refractivity contribution in [3.8, 4) is 0 Å². The lowest BCUT2D eigenvalue weighted by atomic mass is 10.0. The molecule has 0 unspecified atom stereocenters. The van der Waals surface area contributed by atoms with Gasteiger partial charge >= 0.3 is 0 Å². The summed E-state index contributed by atoms with van der Waals surface area (Å²) < 4.78 is 5.27. The van der Waals surface area contributed by atoms with Crippen LogP contribution in [-0.2, 0) is 4.65 Å². The quantitative estimate of drug-likeness (QED) is 0.326. The molecule has 0 aromatic rings. The molecule has 1 nitrogen and oxygen atoms in total. The zero-order valence-corrected chi connectivity index (χ0v) is 9.19. The maximum atomic E-state index is 5.27. The fraction of sp³-hybridized carbons (Fsp3) is 0.750. The first-order chi connectivity index (χ1) is 5.85. The Morgan fingerprint density at radius 1 is 1.58 bits per heavy atom. The Kier molecular flexibility index (Phi) is 9.41. The molecule has 0 spiro atoms. The second-order valence-electron chi connectivity index (χ2n) is 2.70. The molecule has 0 amide bonds. The van der Waals surface area contributed by atoms with E-state index in [0.717, 1.165) is 12.1 Å². The highest BCUT2D eigenvalue weighted by Gasteiger charge is 2.01. The smallest absolute Gasteiger partial charge is 0.257 e. The molecule has 0 bridgehead atoms. The van der Waals surface area contributed by atoms with Crippen molar-refractivity contribution in [1.82, 2.24) is 0 Å². The predicted octanol–water partition coefficient (Wildman–Crippen LogP) is 0.670. The SMILES string of the molecule is BC[C@H](CSCC/C=C/C)OB. The maximum Gasteiger partial charge on any atom is 0.257 e. The van der Waals surface area contributed by atoms with E-state index >= 15 is 0 Å². The second kappa shape index (κ2) is 9.27. The van der Waals surface area contributed by atoms with Crippen molar-refractivity contribution >= 4 is 27.7 Å². The molecular weight excluding hydrogens is 166 g/mol. The number of hydrogen-bond donors (Lipinski definition) is 0. The highest BCUT2D eigenvalue weighted by molar-refractivity contribution is 7.99. The van der Waals surface area contributed by atoms with Crippen molar-refractivity contribution < 1.29 is 4.65 Å². The molecule has 0 N–H and O–H groups in total. The Hall–Kier alpha value is 0.180. The molecule has 68 valence electrons. The van der Waals surface area contributed by atoms with Gasteiger partial charge in [-0.1, -0.05) is 18.5 Å². The van der Waals surface area contributed by atoms with Gasteiger partial charge in [-0.25, -0.2) is 0 Å². The van der Waals surface area contributed by atoms with Crippen LogP contribution in [0.2, 0.25) is 6.32 Å². The Labute approximate surface area is 82.2 Å². The first kappa shape index (κ1) is 12.2. The summed E-state index contributed by atoms with van der Waals surface area (Å²) in [4.78, 5) is 0. The summed E-state index contributed by atoms with van der Waals surface area (Å²) in [6, 6.07) is 0. The normalized spacial score (nSPS) is 13.8. The second-order valence-corrected chi connectivity index (χ2v) is 3.85. The van der Waals surface area contributed by atoms with E-state index in [0.29, 0.717) is 6.10 Å². The average Bonchev–Trinajstić information content (AvgIpc) is 2.11. The van der Waals surface area contributed by atoms with Crippen LogP contribution in [0.5, 0.6) is 0 Å². The van der Waals surface area contributed by atoms with E-state index in [-0.39, 0.29) is 0 Å². The number of allylic oxidation sites excluding steroid dienone is 2. The standard InChI is InChI=1S/C8H18B2OS/c1-2-3-4-5-12-7-8(6-9)11-10/h2-3,8H,4-7,9-10H2,1H3/b3-2+/t8-/m1/s1. The molecule has 0 aromatic heterocycles. The summed E-state index contributed by atoms with van der Waals surface area (Å²) in [5.74, 6) is 2.34. The minimum Gasteiger partial charge on any atom is -0.441 e. The minimum absolute atomic E-state index is 0.445. The van der Waals surface area contributed by atoms with Gasteiger partial charge in [-0.3, -0.25) is 0 Å². The van der Waals surface area contributed by atoms with E-state index < -0.39 is 0 Å². The van der Waals surface area contributed by atoms with E-state index in [1.807, 2.05) is 11.8 Å². The molecule has 0 fully saturated rings. The van der Waals surface area contributed by atoms with Gasteiger partial charge in [-0.05, 0) is 19.1 Å². The van der Waals surface area contributed by atoms with Gasteiger partial charge in [-0.15, -0.1) is 0 Å². The molecule has 0 heterocycles. The third-order valence-corrected chi connectivity index (χ3v) is 2.89. The van der Waals surface area contributed by atoms with Gasteiger partial charge in [0.15, 0.2) is 0 Å². The molecule has 0 radical (unpaired) electrons. The molecule has 12 heavy (non-hydrogen) atoms. The summed E-state index contributed by atoms with van der Waals surface area (Å²) in [6.07, 6.45) is 7.06. The largest absolute Gasteiger partial charge is 0.441 e. The topological polar surface area (TPSA) is 9.23 Å². The van der Waals surface area contributed by atoms with E-state index in [9.17, 15) is 0 Å². The average molecular weight is 184 g/mol. The van der Waals surface area contributed by atoms with Crippen LogP contribution in [-0.4, -0.2) is 33.5 Å². The summed E-state index contributed by atoms with van der Waals surface area (Å²) >= 11 is 1.97. The van der Waals surface area contributed by atoms with Crippen molar-refractivity contribution in [2.75, 3.05) is 11.5 Å². The zero-order chi connectivity index (χ0) is 9.23. The van der Waals surface area contributed by atoms with Gasteiger partial charge in [0.05, 0.1) is 0 Å². The van der Waals surface area contributed by atoms with Gasteiger partial charge in [0, 0.05) is 11.9 Å². The van der Waals surface area contributed by atoms with Crippen LogP contribution < -0.4 is 0 Å². The summed E-state index contributed by atoms with van der Waals surface area (Å²) in [7, 11) is 3.96. The van der Waals surface area contributed by atoms with Crippen molar-refractivity contribution in [2.45, 2.75) is 25.8 Å². The van der Waals surface area contributed by atoms with E-state index in [1.54, 1.807) is 8.05 Å². The molecule has 0 aliphatic heterocycles. The van der Waals surface area contributed by atoms with Crippen LogP contribution >= 0.6 is 11.8 Å². The Morgan fingerprint density at radius 3 is 2.83 bits per heavy atom. The third kappa shape index (κ3) is 6.86. The molecule has 0 saturated carbocycles. The van der Waals surface area contributed by atoms with Crippen LogP contribution in [0.25, 0.3) is 0 Å². The van der Waals surface area contributed by atoms with E-state index in [1.165, 1.54) is 12.2 Å². The van der Waals surface area contributed by atoms with Gasteiger partial charge in [0.1, 0.15) is 7.85 Å². The van der Waals surface area contributed by atoms with E-state index in [2.05, 4.69) is 26.9 Å². The summed E-state index contributed by atoms with van der Waals surface area (Å²) in [5.41, 5.74) is 0. The van der Waals surface area contributed by atoms with Gasteiger partial charge in [-0.2, -0.15) is 11.8 Å². The lowest BCUT2D eigenvalue weighted by Gasteiger charge is -2.12. The van der Waals surface area contributed by atoms with Crippen LogP contribution in [0.15, 0.2) is 12.2 Å². The molecular formula is C8H18B2OS. The fourth-order valence-corrected chi connectivity index (χ4v) is 1.99. The van der Waals surface area contributed by atoms with Crippen LogP contribution in [0, 0.1) is 0 Å².